The molecule has 0 fully saturated rings. The van der Waals surface area contributed by atoms with E-state index in [1.54, 1.807) is 12.2 Å². The average Bonchev–Trinajstić information content (AvgIpc) is 3.24. The van der Waals surface area contributed by atoms with Crippen molar-refractivity contribution >= 4 is 17.4 Å². The molecule has 32 heavy (non-hydrogen) atoms. The quantitative estimate of drug-likeness (QED) is 0.509. The van der Waals surface area contributed by atoms with Crippen molar-refractivity contribution in [2.24, 2.45) is 4.99 Å². The van der Waals surface area contributed by atoms with Crippen LogP contribution < -0.4 is 0 Å². The number of carbonyl (C=O) groups is 1. The van der Waals surface area contributed by atoms with Crippen molar-refractivity contribution in [2.75, 3.05) is 0 Å². The molecule has 0 amide bonds. The van der Waals surface area contributed by atoms with E-state index in [0.29, 0.717) is 12.1 Å². The Morgan fingerprint density at radius 1 is 1.09 bits per heavy atom. The molecule has 0 aliphatic heterocycles. The van der Waals surface area contributed by atoms with Crippen LogP contribution in [0.3, 0.4) is 0 Å². The minimum Gasteiger partial charge on any atom is -0.478 e. The number of hydrogen-bond acceptors (Lipinski definition) is 3. The number of carboxylic acids is 1. The van der Waals surface area contributed by atoms with Gasteiger partial charge in [0.15, 0.2) is 5.69 Å². The number of allylic oxidation sites excluding steroid dienone is 2. The van der Waals surface area contributed by atoms with E-state index in [9.17, 15) is 13.6 Å². The van der Waals surface area contributed by atoms with Gasteiger partial charge in [-0.25, -0.2) is 18.6 Å². The Morgan fingerprint density at radius 2 is 1.69 bits per heavy atom. The third-order valence-corrected chi connectivity index (χ3v) is 5.38. The van der Waals surface area contributed by atoms with Gasteiger partial charge in [-0.1, -0.05) is 72.8 Å². The van der Waals surface area contributed by atoms with Crippen molar-refractivity contribution in [3.63, 3.8) is 0 Å². The summed E-state index contributed by atoms with van der Waals surface area (Å²) in [6, 6.07) is 18.7. The molecule has 0 spiro atoms. The van der Waals surface area contributed by atoms with Gasteiger partial charge in [0.05, 0.1) is 23.0 Å². The van der Waals surface area contributed by atoms with Crippen molar-refractivity contribution in [2.45, 2.75) is 25.3 Å². The average molecular weight is 433 g/mol. The SMILES string of the molecule is CC1(n2cc(N=C(c3ccccc3)c3ccccc3)c(C(F)F)n2)C=CC(C(=O)O)=CC1. The highest BCUT2D eigenvalue weighted by molar-refractivity contribution is 6.14. The zero-order valence-electron chi connectivity index (χ0n) is 17.3. The zero-order valence-corrected chi connectivity index (χ0v) is 17.3. The molecule has 1 aliphatic carbocycles. The summed E-state index contributed by atoms with van der Waals surface area (Å²) in [5, 5.41) is 13.3. The first-order valence-corrected chi connectivity index (χ1v) is 10.1. The Labute approximate surface area is 184 Å². The highest BCUT2D eigenvalue weighted by atomic mass is 19.3. The highest BCUT2D eigenvalue weighted by Gasteiger charge is 2.30. The third kappa shape index (κ3) is 4.27. The fourth-order valence-electron chi connectivity index (χ4n) is 3.54. The maximum absolute atomic E-state index is 13.9. The molecule has 1 heterocycles. The number of carboxylic acid groups (broad SMARTS) is 1. The monoisotopic (exact) mass is 433 g/mol. The van der Waals surface area contributed by atoms with Crippen molar-refractivity contribution in [1.82, 2.24) is 9.78 Å². The summed E-state index contributed by atoms with van der Waals surface area (Å²) in [5.74, 6) is -1.03. The Balaban J connectivity index is 1.81. The number of aliphatic imine (C=N–C) groups is 1. The molecule has 1 atom stereocenters. The van der Waals surface area contributed by atoms with Crippen LogP contribution in [0.5, 0.6) is 0 Å². The van der Waals surface area contributed by atoms with Gasteiger partial charge in [-0.15, -0.1) is 0 Å². The molecule has 2 aromatic carbocycles. The molecule has 0 saturated carbocycles. The molecule has 162 valence electrons. The summed E-state index contributed by atoms with van der Waals surface area (Å²) in [4.78, 5) is 15.8. The summed E-state index contributed by atoms with van der Waals surface area (Å²) >= 11 is 0. The van der Waals surface area contributed by atoms with E-state index < -0.39 is 23.6 Å². The lowest BCUT2D eigenvalue weighted by atomic mass is 9.91. The second kappa shape index (κ2) is 8.70. The maximum atomic E-state index is 13.9. The first-order valence-electron chi connectivity index (χ1n) is 10.1. The van der Waals surface area contributed by atoms with E-state index >= 15 is 0 Å². The van der Waals surface area contributed by atoms with Crippen molar-refractivity contribution in [1.29, 1.82) is 0 Å². The minimum absolute atomic E-state index is 0.0744. The van der Waals surface area contributed by atoms with E-state index in [-0.39, 0.29) is 11.3 Å². The van der Waals surface area contributed by atoms with E-state index in [2.05, 4.69) is 10.1 Å². The van der Waals surface area contributed by atoms with Crippen LogP contribution in [0.1, 0.15) is 36.6 Å². The maximum Gasteiger partial charge on any atom is 0.335 e. The van der Waals surface area contributed by atoms with Gasteiger partial charge in [0.1, 0.15) is 5.69 Å². The molecule has 1 unspecified atom stereocenters. The minimum atomic E-state index is -2.82. The molecule has 7 heteroatoms. The number of halogens is 2. The molecular formula is C25H21F2N3O2. The number of aromatic nitrogens is 2. The van der Waals surface area contributed by atoms with Crippen LogP contribution in [-0.4, -0.2) is 26.6 Å². The van der Waals surface area contributed by atoms with Crippen molar-refractivity contribution in [3.05, 3.63) is 107 Å². The smallest absolute Gasteiger partial charge is 0.335 e. The zero-order chi connectivity index (χ0) is 22.7. The molecule has 1 aromatic heterocycles. The topological polar surface area (TPSA) is 67.5 Å². The Morgan fingerprint density at radius 3 is 2.16 bits per heavy atom. The molecule has 4 rings (SSSR count). The molecular weight excluding hydrogens is 412 g/mol. The van der Waals surface area contributed by atoms with Crippen LogP contribution in [0.4, 0.5) is 14.5 Å². The molecule has 0 radical (unpaired) electrons. The number of alkyl halides is 2. The highest BCUT2D eigenvalue weighted by Crippen LogP contribution is 2.35. The van der Waals surface area contributed by atoms with Crippen LogP contribution in [0, 0.1) is 0 Å². The van der Waals surface area contributed by atoms with Gasteiger partial charge in [0, 0.05) is 11.1 Å². The Hall–Kier alpha value is -3.87. The molecule has 0 bridgehead atoms. The predicted molar refractivity (Wildman–Crippen MR) is 118 cm³/mol. The number of hydrogen-bond donors (Lipinski definition) is 1. The van der Waals surface area contributed by atoms with Crippen LogP contribution in [0.25, 0.3) is 0 Å². The molecule has 0 saturated heterocycles. The fraction of sp³-hybridized carbons (Fsp3) is 0.160. The number of nitrogens with zero attached hydrogens (tertiary/aromatic N) is 3. The van der Waals surface area contributed by atoms with Crippen molar-refractivity contribution < 1.29 is 18.7 Å². The van der Waals surface area contributed by atoms with E-state index in [4.69, 9.17) is 5.11 Å². The molecule has 1 aliphatic rings. The molecule has 5 nitrogen and oxygen atoms in total. The second-order valence-corrected chi connectivity index (χ2v) is 7.70. The largest absolute Gasteiger partial charge is 0.478 e. The van der Waals surface area contributed by atoms with Crippen LogP contribution in [0.2, 0.25) is 0 Å². The van der Waals surface area contributed by atoms with E-state index in [1.807, 2.05) is 67.6 Å². The van der Waals surface area contributed by atoms with Gasteiger partial charge in [-0.05, 0) is 19.4 Å². The molecule has 1 N–H and O–H groups in total. The van der Waals surface area contributed by atoms with Gasteiger partial charge in [-0.3, -0.25) is 4.68 Å². The van der Waals surface area contributed by atoms with Crippen LogP contribution in [0.15, 0.2) is 95.7 Å². The van der Waals surface area contributed by atoms with Crippen molar-refractivity contribution in [3.8, 4) is 0 Å². The number of benzene rings is 2. The summed E-state index contributed by atoms with van der Waals surface area (Å²) in [6.45, 7) is 1.81. The van der Waals surface area contributed by atoms with Gasteiger partial charge >= 0.3 is 5.97 Å². The van der Waals surface area contributed by atoms with Gasteiger partial charge in [0.2, 0.25) is 0 Å². The summed E-state index contributed by atoms with van der Waals surface area (Å²) < 4.78 is 29.2. The predicted octanol–water partition coefficient (Wildman–Crippen LogP) is 5.68. The molecule has 3 aromatic rings. The van der Waals surface area contributed by atoms with Gasteiger partial charge < -0.3 is 5.11 Å². The number of aliphatic carboxylic acids is 1. The lowest BCUT2D eigenvalue weighted by Gasteiger charge is -2.28. The normalized spacial score (nSPS) is 17.8. The van der Waals surface area contributed by atoms with Gasteiger partial charge in [0.25, 0.3) is 6.43 Å². The fourth-order valence-corrected chi connectivity index (χ4v) is 3.54. The standard InChI is InChI=1S/C25H21F2N3O2/c1-25(14-12-19(13-15-25)24(31)32)30-16-20(22(29-30)23(26)27)28-21(17-8-4-2-5-9-17)18-10-6-3-7-11-18/h2-14,16,23H,15H2,1H3,(H,31,32). The summed E-state index contributed by atoms with van der Waals surface area (Å²) in [6.07, 6.45) is 3.69. The first kappa shape index (κ1) is 21.4. The Kier molecular flexibility index (Phi) is 5.81. The first-order chi connectivity index (χ1) is 15.4. The third-order valence-electron chi connectivity index (χ3n) is 5.38. The lowest BCUT2D eigenvalue weighted by Crippen LogP contribution is -2.30. The Bertz CT molecular complexity index is 1170. The summed E-state index contributed by atoms with van der Waals surface area (Å²) in [7, 11) is 0. The van der Waals surface area contributed by atoms with Crippen LogP contribution >= 0.6 is 0 Å². The van der Waals surface area contributed by atoms with Gasteiger partial charge in [-0.2, -0.15) is 5.10 Å². The lowest BCUT2D eigenvalue weighted by molar-refractivity contribution is -0.132. The second-order valence-electron chi connectivity index (χ2n) is 7.70. The van der Waals surface area contributed by atoms with E-state index in [0.717, 1.165) is 11.1 Å². The van der Waals surface area contributed by atoms with E-state index in [1.165, 1.54) is 17.0 Å². The van der Waals surface area contributed by atoms with Crippen LogP contribution in [-0.2, 0) is 10.3 Å². The number of rotatable bonds is 6. The summed E-state index contributed by atoms with van der Waals surface area (Å²) in [5.41, 5.74) is 1.19.